The highest BCUT2D eigenvalue weighted by atomic mass is 31.1. The summed E-state index contributed by atoms with van der Waals surface area (Å²) in [7, 11) is -2.27. The molecule has 8 nitrogen and oxygen atoms in total. The molecular formula is C25H35NO7P+. The molecule has 2 aromatic rings. The largest absolute Gasteiger partial charge is 0.515 e. The van der Waals surface area contributed by atoms with Crippen molar-refractivity contribution >= 4 is 8.03 Å². The van der Waals surface area contributed by atoms with Gasteiger partial charge in [0.05, 0.1) is 6.61 Å². The van der Waals surface area contributed by atoms with Gasteiger partial charge in [0.25, 0.3) is 0 Å². The van der Waals surface area contributed by atoms with Gasteiger partial charge in [0.15, 0.2) is 0 Å². The van der Waals surface area contributed by atoms with Gasteiger partial charge in [0, 0.05) is 24.9 Å². The Hall–Kier alpha value is -2.22. The quantitative estimate of drug-likeness (QED) is 0.213. The molecule has 0 saturated heterocycles. The molecule has 34 heavy (non-hydrogen) atoms. The predicted octanol–water partition coefficient (Wildman–Crippen LogP) is 3.27. The van der Waals surface area contributed by atoms with Crippen LogP contribution in [0, 0.1) is 0 Å². The summed E-state index contributed by atoms with van der Waals surface area (Å²) in [5, 5.41) is 31.4. The van der Waals surface area contributed by atoms with Crippen LogP contribution in [0.1, 0.15) is 43.2 Å². The highest BCUT2D eigenvalue weighted by molar-refractivity contribution is 7.40. The van der Waals surface area contributed by atoms with Crippen LogP contribution in [0.15, 0.2) is 42.5 Å². The second kappa shape index (κ2) is 13.0. The van der Waals surface area contributed by atoms with Crippen LogP contribution < -0.4 is 14.8 Å². The lowest BCUT2D eigenvalue weighted by atomic mass is 9.89. The monoisotopic (exact) mass is 492 g/mol. The molecule has 0 aliphatic heterocycles. The summed E-state index contributed by atoms with van der Waals surface area (Å²) in [5.41, 5.74) is 1.49. The second-order valence-corrected chi connectivity index (χ2v) is 10.4. The van der Waals surface area contributed by atoms with Gasteiger partial charge in [0.2, 0.25) is 5.16 Å². The zero-order valence-corrected chi connectivity index (χ0v) is 20.3. The van der Waals surface area contributed by atoms with Crippen molar-refractivity contribution in [2.24, 2.45) is 0 Å². The van der Waals surface area contributed by atoms with Gasteiger partial charge in [0.1, 0.15) is 36.6 Å². The molecule has 5 N–H and O–H groups in total. The highest BCUT2D eigenvalue weighted by Crippen LogP contribution is 2.46. The second-order valence-electron chi connectivity index (χ2n) is 8.86. The molecule has 0 amide bonds. The van der Waals surface area contributed by atoms with Crippen LogP contribution in [0.5, 0.6) is 17.2 Å². The van der Waals surface area contributed by atoms with Gasteiger partial charge >= 0.3 is 8.03 Å². The van der Waals surface area contributed by atoms with E-state index < -0.39 is 19.3 Å². The number of ether oxygens (including phenoxy) is 2. The van der Waals surface area contributed by atoms with Crippen LogP contribution in [-0.4, -0.2) is 57.8 Å². The Bertz CT molecular complexity index is 916. The summed E-state index contributed by atoms with van der Waals surface area (Å²) in [6.07, 6.45) is 4.60. The average molecular weight is 493 g/mol. The standard InChI is InChI=1S/C25H34NO7P/c27-16-20-14-23(8-9-24(20)29)32-17-21(28)15-26-13-10-19-4-6-22(7-5-19)33-18-25(34(30)31)11-2-1-3-12-25/h4-9,14,21,26-28H,1-3,10-13,15-18H2,(H-,29,30,31)/p+1/t21-/m0/s1. The van der Waals surface area contributed by atoms with Crippen LogP contribution in [0.2, 0.25) is 0 Å². The number of aromatic hydroxyl groups is 1. The molecule has 1 aliphatic carbocycles. The molecule has 9 heteroatoms. The normalized spacial score (nSPS) is 16.6. The third-order valence-electron chi connectivity index (χ3n) is 6.26. The Balaban J connectivity index is 1.34. The fraction of sp³-hybridized carbons (Fsp3) is 0.520. The summed E-state index contributed by atoms with van der Waals surface area (Å²) in [6, 6.07) is 12.3. The smallest absolute Gasteiger partial charge is 0.508 e. The summed E-state index contributed by atoms with van der Waals surface area (Å²) in [6.45, 7) is 1.12. The van der Waals surface area contributed by atoms with Crippen LogP contribution in [0.3, 0.4) is 0 Å². The van der Waals surface area contributed by atoms with Crippen molar-refractivity contribution in [3.63, 3.8) is 0 Å². The van der Waals surface area contributed by atoms with E-state index in [1.165, 1.54) is 6.07 Å². The number of phenols is 1. The van der Waals surface area contributed by atoms with Crippen LogP contribution in [0.4, 0.5) is 0 Å². The van der Waals surface area contributed by atoms with Crippen LogP contribution in [-0.2, 0) is 17.6 Å². The molecule has 1 unspecified atom stereocenters. The van der Waals surface area contributed by atoms with Gasteiger partial charge in [-0.15, -0.1) is 0 Å². The van der Waals surface area contributed by atoms with E-state index >= 15 is 0 Å². The first-order chi connectivity index (χ1) is 16.4. The van der Waals surface area contributed by atoms with Gasteiger partial charge in [-0.25, -0.2) is 0 Å². The first-order valence-corrected chi connectivity index (χ1v) is 13.0. The lowest BCUT2D eigenvalue weighted by Crippen LogP contribution is -2.34. The summed E-state index contributed by atoms with van der Waals surface area (Å²) >= 11 is 0. The molecule has 0 bridgehead atoms. The lowest BCUT2D eigenvalue weighted by molar-refractivity contribution is 0.106. The predicted molar refractivity (Wildman–Crippen MR) is 130 cm³/mol. The molecule has 0 radical (unpaired) electrons. The molecule has 1 fully saturated rings. The minimum absolute atomic E-state index is 0.00633. The van der Waals surface area contributed by atoms with Gasteiger partial charge < -0.3 is 30.1 Å². The topological polar surface area (TPSA) is 128 Å². The van der Waals surface area contributed by atoms with Crippen molar-refractivity contribution in [1.82, 2.24) is 5.32 Å². The first kappa shape index (κ1) is 26.4. The molecule has 1 aliphatic rings. The zero-order chi connectivity index (χ0) is 24.4. The number of nitrogens with one attached hydrogen (secondary N) is 1. The van der Waals surface area contributed by atoms with E-state index in [1.54, 1.807) is 12.1 Å². The van der Waals surface area contributed by atoms with Crippen molar-refractivity contribution in [2.75, 3.05) is 26.3 Å². The molecule has 1 saturated carbocycles. The van der Waals surface area contributed by atoms with E-state index in [0.29, 0.717) is 30.2 Å². The number of hydrogen-bond acceptors (Lipinski definition) is 7. The molecule has 0 aromatic heterocycles. The lowest BCUT2D eigenvalue weighted by Gasteiger charge is -2.25. The Kier molecular flexibility index (Phi) is 10.1. The van der Waals surface area contributed by atoms with Crippen LogP contribution in [0.25, 0.3) is 0 Å². The molecule has 0 spiro atoms. The van der Waals surface area contributed by atoms with Gasteiger partial charge in [-0.05, 0) is 66.3 Å². The van der Waals surface area contributed by atoms with Crippen LogP contribution >= 0.6 is 8.03 Å². The Morgan fingerprint density at radius 3 is 2.41 bits per heavy atom. The van der Waals surface area contributed by atoms with Gasteiger partial charge in [-0.2, -0.15) is 4.89 Å². The molecule has 186 valence electrons. The molecule has 3 rings (SSSR count). The van der Waals surface area contributed by atoms with E-state index in [4.69, 9.17) is 9.47 Å². The van der Waals surface area contributed by atoms with Gasteiger partial charge in [-0.3, -0.25) is 0 Å². The minimum Gasteiger partial charge on any atom is -0.508 e. The third-order valence-corrected chi connectivity index (χ3v) is 7.64. The SMILES string of the molecule is O=[P+](O)C1(COc2ccc(CCNC[C@H](O)COc3ccc(O)c(CO)c3)cc2)CCCCC1. The van der Waals surface area contributed by atoms with Gasteiger partial charge in [-0.1, -0.05) is 18.6 Å². The van der Waals surface area contributed by atoms with E-state index in [-0.39, 0.29) is 25.6 Å². The number of aliphatic hydroxyl groups excluding tert-OH is 2. The zero-order valence-electron chi connectivity index (χ0n) is 19.4. The van der Waals surface area contributed by atoms with Crippen molar-refractivity contribution in [3.8, 4) is 17.2 Å². The molecule has 2 aromatic carbocycles. The van der Waals surface area contributed by atoms with E-state index in [2.05, 4.69) is 5.32 Å². The van der Waals surface area contributed by atoms with E-state index in [0.717, 1.165) is 44.1 Å². The van der Waals surface area contributed by atoms with E-state index in [9.17, 15) is 24.8 Å². The number of hydrogen-bond donors (Lipinski definition) is 5. The maximum Gasteiger partial charge on any atom is 0.515 e. The molecule has 2 atom stereocenters. The number of rotatable bonds is 13. The Morgan fingerprint density at radius 2 is 1.74 bits per heavy atom. The fourth-order valence-electron chi connectivity index (χ4n) is 4.10. The van der Waals surface area contributed by atoms with Crippen molar-refractivity contribution in [1.29, 1.82) is 0 Å². The van der Waals surface area contributed by atoms with Crippen molar-refractivity contribution < 1.29 is 34.3 Å². The minimum atomic E-state index is -2.27. The average Bonchev–Trinajstić information content (AvgIpc) is 2.86. The Labute approximate surface area is 201 Å². The third kappa shape index (κ3) is 7.65. The van der Waals surface area contributed by atoms with Crippen molar-refractivity contribution in [3.05, 3.63) is 53.6 Å². The van der Waals surface area contributed by atoms with Crippen molar-refractivity contribution in [2.45, 2.75) is 56.4 Å². The summed E-state index contributed by atoms with van der Waals surface area (Å²) < 4.78 is 23.3. The summed E-state index contributed by atoms with van der Waals surface area (Å²) in [4.78, 5) is 9.81. The Morgan fingerprint density at radius 1 is 1.03 bits per heavy atom. The summed E-state index contributed by atoms with van der Waals surface area (Å²) in [5.74, 6) is 1.18. The first-order valence-electron chi connectivity index (χ1n) is 11.7. The molecule has 0 heterocycles. The number of benzene rings is 2. The fourth-order valence-corrected chi connectivity index (χ4v) is 4.98. The molecular weight excluding hydrogens is 457 g/mol. The maximum atomic E-state index is 11.9. The number of aliphatic hydroxyl groups is 2. The van der Waals surface area contributed by atoms with E-state index in [1.807, 2.05) is 24.3 Å². The maximum absolute atomic E-state index is 11.9. The highest BCUT2D eigenvalue weighted by Gasteiger charge is 2.50.